The zero-order chi connectivity index (χ0) is 17.8. The van der Waals surface area contributed by atoms with Gasteiger partial charge in [-0.1, -0.05) is 55.8 Å². The molecule has 2 aliphatic rings. The minimum atomic E-state index is -0.346. The van der Waals surface area contributed by atoms with E-state index in [0.717, 1.165) is 31.4 Å². The number of ether oxygens (including phenoxy) is 1. The van der Waals surface area contributed by atoms with Gasteiger partial charge in [-0.05, 0) is 37.5 Å². The van der Waals surface area contributed by atoms with Crippen LogP contribution < -0.4 is 4.74 Å². The average molecular weight is 362 g/mol. The molecule has 1 aromatic rings. The summed E-state index contributed by atoms with van der Waals surface area (Å²) in [5.41, 5.74) is 0.983. The van der Waals surface area contributed by atoms with Crippen LogP contribution in [-0.4, -0.2) is 29.4 Å². The first kappa shape index (κ1) is 18.0. The molecule has 2 amide bonds. The Bertz CT molecular complexity index is 673. The summed E-state index contributed by atoms with van der Waals surface area (Å²) in [6.07, 6.45) is 7.43. The van der Waals surface area contributed by atoms with Crippen molar-refractivity contribution in [1.82, 2.24) is 4.90 Å². The molecule has 0 N–H and O–H groups in total. The topological polar surface area (TPSA) is 46.6 Å². The van der Waals surface area contributed by atoms with Gasteiger partial charge in [0.1, 0.15) is 10.8 Å². The highest BCUT2D eigenvalue weighted by Crippen LogP contribution is 2.36. The van der Waals surface area contributed by atoms with Gasteiger partial charge < -0.3 is 4.74 Å². The van der Waals surface area contributed by atoms with Gasteiger partial charge in [-0.3, -0.25) is 14.5 Å². The molecule has 0 aromatic heterocycles. The highest BCUT2D eigenvalue weighted by molar-refractivity contribution is 6.55. The molecule has 0 spiro atoms. The fourth-order valence-corrected chi connectivity index (χ4v) is 3.96. The third kappa shape index (κ3) is 3.74. The van der Waals surface area contributed by atoms with Crippen LogP contribution in [-0.2, 0) is 9.59 Å². The van der Waals surface area contributed by atoms with Crippen LogP contribution in [0.1, 0.15) is 57.4 Å². The standard InChI is InChI=1S/C20H24ClNO3/c1-2-25-16-12-10-14(11-13-16)17-18(21)20(24)22(19(17)23)15-8-6-4-3-5-7-9-15/h10-13,15H,2-9H2,1H3. The maximum Gasteiger partial charge on any atom is 0.273 e. The highest BCUT2D eigenvalue weighted by Gasteiger charge is 2.41. The lowest BCUT2D eigenvalue weighted by molar-refractivity contribution is -0.139. The Morgan fingerprint density at radius 1 is 1.00 bits per heavy atom. The van der Waals surface area contributed by atoms with Crippen molar-refractivity contribution in [2.45, 2.75) is 57.9 Å². The lowest BCUT2D eigenvalue weighted by atomic mass is 9.95. The third-order valence-corrected chi connectivity index (χ3v) is 5.30. The van der Waals surface area contributed by atoms with E-state index in [1.54, 1.807) is 24.3 Å². The van der Waals surface area contributed by atoms with Gasteiger partial charge in [-0.2, -0.15) is 0 Å². The number of carbonyl (C=O) groups is 2. The quantitative estimate of drug-likeness (QED) is 0.741. The SMILES string of the molecule is CCOc1ccc(C2=C(Cl)C(=O)N(C3CCCCCCC3)C2=O)cc1. The Morgan fingerprint density at radius 2 is 1.60 bits per heavy atom. The van der Waals surface area contributed by atoms with Gasteiger partial charge in [0.05, 0.1) is 12.2 Å². The summed E-state index contributed by atoms with van der Waals surface area (Å²) in [6.45, 7) is 2.50. The molecular weight excluding hydrogens is 338 g/mol. The van der Waals surface area contributed by atoms with Crippen LogP contribution in [0.4, 0.5) is 0 Å². The van der Waals surface area contributed by atoms with Crippen molar-refractivity contribution in [2.24, 2.45) is 0 Å². The lowest BCUT2D eigenvalue weighted by Gasteiger charge is -2.28. The van der Waals surface area contributed by atoms with E-state index in [-0.39, 0.29) is 22.9 Å². The second-order valence-electron chi connectivity index (χ2n) is 6.63. The van der Waals surface area contributed by atoms with E-state index in [2.05, 4.69) is 0 Å². The summed E-state index contributed by atoms with van der Waals surface area (Å²) in [5, 5.41) is 0.0382. The summed E-state index contributed by atoms with van der Waals surface area (Å²) < 4.78 is 5.43. The van der Waals surface area contributed by atoms with Gasteiger partial charge in [-0.25, -0.2) is 0 Å². The summed E-state index contributed by atoms with van der Waals surface area (Å²) >= 11 is 6.28. The van der Waals surface area contributed by atoms with Gasteiger partial charge in [0.25, 0.3) is 11.8 Å². The molecule has 1 fully saturated rings. The third-order valence-electron chi connectivity index (χ3n) is 4.95. The van der Waals surface area contributed by atoms with Crippen molar-refractivity contribution >= 4 is 29.0 Å². The van der Waals surface area contributed by atoms with Gasteiger partial charge in [0.15, 0.2) is 0 Å². The minimum absolute atomic E-state index is 0.0331. The minimum Gasteiger partial charge on any atom is -0.494 e. The normalized spacial score (nSPS) is 20.0. The van der Waals surface area contributed by atoms with Crippen molar-refractivity contribution in [3.8, 4) is 5.75 Å². The number of nitrogens with zero attached hydrogens (tertiary/aromatic N) is 1. The van der Waals surface area contributed by atoms with E-state index in [9.17, 15) is 9.59 Å². The number of halogens is 1. The largest absolute Gasteiger partial charge is 0.494 e. The van der Waals surface area contributed by atoms with Crippen molar-refractivity contribution < 1.29 is 14.3 Å². The second kappa shape index (κ2) is 8.05. The molecule has 1 heterocycles. The number of hydrogen-bond acceptors (Lipinski definition) is 3. The van der Waals surface area contributed by atoms with E-state index in [0.29, 0.717) is 17.7 Å². The molecule has 0 unspecified atom stereocenters. The molecule has 3 rings (SSSR count). The summed E-state index contributed by atoms with van der Waals surface area (Å²) in [5.74, 6) is 0.127. The highest BCUT2D eigenvalue weighted by atomic mass is 35.5. The second-order valence-corrected chi connectivity index (χ2v) is 7.00. The Kier molecular flexibility index (Phi) is 5.79. The van der Waals surface area contributed by atoms with Gasteiger partial charge in [0, 0.05) is 6.04 Å². The number of imide groups is 1. The molecule has 5 heteroatoms. The molecular formula is C20H24ClNO3. The maximum atomic E-state index is 13.0. The fraction of sp³-hybridized carbons (Fsp3) is 0.500. The number of amides is 2. The Balaban J connectivity index is 1.83. The van der Waals surface area contributed by atoms with Crippen LogP contribution in [0.15, 0.2) is 29.3 Å². The average Bonchev–Trinajstić information content (AvgIpc) is 2.79. The Labute approximate surface area is 153 Å². The number of benzene rings is 1. The van der Waals surface area contributed by atoms with Crippen LogP contribution in [0.3, 0.4) is 0 Å². The van der Waals surface area contributed by atoms with E-state index < -0.39 is 0 Å². The van der Waals surface area contributed by atoms with Crippen LogP contribution in [0.2, 0.25) is 0 Å². The van der Waals surface area contributed by atoms with Gasteiger partial charge in [-0.15, -0.1) is 0 Å². The van der Waals surface area contributed by atoms with Crippen molar-refractivity contribution in [3.05, 3.63) is 34.9 Å². The number of rotatable bonds is 4. The van der Waals surface area contributed by atoms with Gasteiger partial charge >= 0.3 is 0 Å². The first-order chi connectivity index (χ1) is 12.1. The van der Waals surface area contributed by atoms with E-state index in [1.165, 1.54) is 24.2 Å². The molecule has 1 aliphatic carbocycles. The molecule has 0 saturated heterocycles. The summed E-state index contributed by atoms with van der Waals surface area (Å²) in [6, 6.07) is 7.14. The smallest absolute Gasteiger partial charge is 0.273 e. The zero-order valence-electron chi connectivity index (χ0n) is 14.6. The molecule has 0 atom stereocenters. The molecule has 134 valence electrons. The van der Waals surface area contributed by atoms with E-state index >= 15 is 0 Å². The van der Waals surface area contributed by atoms with Crippen LogP contribution in [0, 0.1) is 0 Å². The van der Waals surface area contributed by atoms with Crippen molar-refractivity contribution in [1.29, 1.82) is 0 Å². The Morgan fingerprint density at radius 3 is 2.20 bits per heavy atom. The monoisotopic (exact) mass is 361 g/mol. The summed E-state index contributed by atoms with van der Waals surface area (Å²) in [7, 11) is 0. The molecule has 1 aromatic carbocycles. The first-order valence-corrected chi connectivity index (χ1v) is 9.52. The summed E-state index contributed by atoms with van der Waals surface area (Å²) in [4.78, 5) is 27.0. The molecule has 0 bridgehead atoms. The van der Waals surface area contributed by atoms with Crippen molar-refractivity contribution in [2.75, 3.05) is 6.61 Å². The van der Waals surface area contributed by atoms with Crippen LogP contribution in [0.25, 0.3) is 5.57 Å². The van der Waals surface area contributed by atoms with Crippen LogP contribution >= 0.6 is 11.6 Å². The Hall–Kier alpha value is -1.81. The van der Waals surface area contributed by atoms with Gasteiger partial charge in [0.2, 0.25) is 0 Å². The van der Waals surface area contributed by atoms with Crippen LogP contribution in [0.5, 0.6) is 5.75 Å². The number of carbonyl (C=O) groups excluding carboxylic acids is 2. The van der Waals surface area contributed by atoms with E-state index in [1.807, 2.05) is 6.92 Å². The molecule has 4 nitrogen and oxygen atoms in total. The lowest BCUT2D eigenvalue weighted by Crippen LogP contribution is -2.41. The molecule has 0 radical (unpaired) electrons. The molecule has 25 heavy (non-hydrogen) atoms. The maximum absolute atomic E-state index is 13.0. The van der Waals surface area contributed by atoms with E-state index in [4.69, 9.17) is 16.3 Å². The zero-order valence-corrected chi connectivity index (χ0v) is 15.3. The fourth-order valence-electron chi connectivity index (χ4n) is 3.68. The van der Waals surface area contributed by atoms with Crippen molar-refractivity contribution in [3.63, 3.8) is 0 Å². The first-order valence-electron chi connectivity index (χ1n) is 9.14. The predicted octanol–water partition coefficient (Wildman–Crippen LogP) is 4.52. The molecule has 1 saturated carbocycles. The number of hydrogen-bond donors (Lipinski definition) is 0. The predicted molar refractivity (Wildman–Crippen MR) is 98.3 cm³/mol. The molecule has 1 aliphatic heterocycles.